The van der Waals surface area contributed by atoms with Crippen molar-refractivity contribution < 1.29 is 9.53 Å². The van der Waals surface area contributed by atoms with Crippen LogP contribution in [0.3, 0.4) is 0 Å². The Labute approximate surface area is 178 Å². The molecule has 2 aromatic rings. The predicted molar refractivity (Wildman–Crippen MR) is 114 cm³/mol. The standard InChI is InChI=1S/C21H27BrN4O3/c1-24-21(28)26(15-5-3-4-6-15)19(23-24)14-9-11-25(12-10-14)20(27)17-13-16(29-2)7-8-18(17)22/h7-8,13-15H,3-6,9-12H2,1-2H3. The van der Waals surface area contributed by atoms with E-state index in [4.69, 9.17) is 4.74 Å². The van der Waals surface area contributed by atoms with E-state index in [2.05, 4.69) is 21.0 Å². The molecule has 1 aromatic heterocycles. The molecule has 1 aliphatic heterocycles. The van der Waals surface area contributed by atoms with Gasteiger partial charge in [0, 0.05) is 36.6 Å². The molecule has 29 heavy (non-hydrogen) atoms. The number of carbonyl (C=O) groups excluding carboxylic acids is 1. The number of aryl methyl sites for hydroxylation is 1. The van der Waals surface area contributed by atoms with Gasteiger partial charge in [-0.1, -0.05) is 12.8 Å². The molecule has 1 aromatic carbocycles. The molecule has 7 nitrogen and oxygen atoms in total. The van der Waals surface area contributed by atoms with E-state index in [0.29, 0.717) is 24.4 Å². The van der Waals surface area contributed by atoms with Crippen molar-refractivity contribution >= 4 is 21.8 Å². The fourth-order valence-electron chi connectivity index (χ4n) is 4.59. The summed E-state index contributed by atoms with van der Waals surface area (Å²) in [7, 11) is 3.33. The van der Waals surface area contributed by atoms with Crippen molar-refractivity contribution in [3.05, 3.63) is 44.5 Å². The Morgan fingerprint density at radius 2 is 1.86 bits per heavy atom. The Kier molecular flexibility index (Phi) is 5.81. The molecule has 0 unspecified atom stereocenters. The van der Waals surface area contributed by atoms with Crippen LogP contribution in [-0.4, -0.2) is 45.4 Å². The van der Waals surface area contributed by atoms with Gasteiger partial charge in [0.05, 0.1) is 12.7 Å². The number of carbonyl (C=O) groups is 1. The Morgan fingerprint density at radius 1 is 1.17 bits per heavy atom. The molecule has 0 atom stereocenters. The third-order valence-corrected chi connectivity index (χ3v) is 6.91. The Morgan fingerprint density at radius 3 is 2.52 bits per heavy atom. The monoisotopic (exact) mass is 462 g/mol. The van der Waals surface area contributed by atoms with Crippen LogP contribution in [0.15, 0.2) is 27.5 Å². The maximum absolute atomic E-state index is 13.0. The second-order valence-corrected chi connectivity index (χ2v) is 8.84. The lowest BCUT2D eigenvalue weighted by Gasteiger charge is -2.32. The van der Waals surface area contributed by atoms with Gasteiger partial charge in [0.2, 0.25) is 0 Å². The van der Waals surface area contributed by atoms with Crippen LogP contribution >= 0.6 is 15.9 Å². The van der Waals surface area contributed by atoms with Crippen molar-refractivity contribution in [3.8, 4) is 5.75 Å². The van der Waals surface area contributed by atoms with E-state index in [1.165, 1.54) is 17.5 Å². The summed E-state index contributed by atoms with van der Waals surface area (Å²) in [5, 5.41) is 4.58. The lowest BCUT2D eigenvalue weighted by atomic mass is 9.95. The first-order chi connectivity index (χ1) is 14.0. The molecular formula is C21H27BrN4O3. The second kappa shape index (κ2) is 8.34. The third-order valence-electron chi connectivity index (χ3n) is 6.22. The highest BCUT2D eigenvalue weighted by molar-refractivity contribution is 9.10. The van der Waals surface area contributed by atoms with Crippen LogP contribution in [0.5, 0.6) is 5.75 Å². The number of piperidine rings is 1. The minimum atomic E-state index is -0.00860. The molecule has 0 spiro atoms. The van der Waals surface area contributed by atoms with Crippen LogP contribution in [-0.2, 0) is 7.05 Å². The Hall–Kier alpha value is -2.09. The van der Waals surface area contributed by atoms with E-state index in [1.54, 1.807) is 20.2 Å². The van der Waals surface area contributed by atoms with Crippen LogP contribution in [0.2, 0.25) is 0 Å². The fourth-order valence-corrected chi connectivity index (χ4v) is 5.01. The van der Waals surface area contributed by atoms with E-state index in [9.17, 15) is 9.59 Å². The summed E-state index contributed by atoms with van der Waals surface area (Å²) in [6, 6.07) is 5.72. The number of rotatable bonds is 4. The van der Waals surface area contributed by atoms with Crippen molar-refractivity contribution in [3.63, 3.8) is 0 Å². The zero-order valence-corrected chi connectivity index (χ0v) is 18.5. The number of benzene rings is 1. The van der Waals surface area contributed by atoms with Gasteiger partial charge in [0.15, 0.2) is 0 Å². The lowest BCUT2D eigenvalue weighted by Crippen LogP contribution is -2.39. The van der Waals surface area contributed by atoms with Gasteiger partial charge in [-0.2, -0.15) is 5.10 Å². The maximum atomic E-state index is 13.0. The third kappa shape index (κ3) is 3.86. The first-order valence-electron chi connectivity index (χ1n) is 10.3. The molecule has 0 radical (unpaired) electrons. The molecule has 1 saturated carbocycles. The molecule has 1 aliphatic carbocycles. The topological polar surface area (TPSA) is 69.4 Å². The van der Waals surface area contributed by atoms with Gasteiger partial charge in [0.25, 0.3) is 5.91 Å². The van der Waals surface area contributed by atoms with Gasteiger partial charge in [-0.25, -0.2) is 9.48 Å². The summed E-state index contributed by atoms with van der Waals surface area (Å²) in [5.41, 5.74) is 0.606. The van der Waals surface area contributed by atoms with E-state index in [0.717, 1.165) is 36.0 Å². The molecule has 0 bridgehead atoms. The molecule has 1 saturated heterocycles. The van der Waals surface area contributed by atoms with Gasteiger partial charge >= 0.3 is 5.69 Å². The average Bonchev–Trinajstić information content (AvgIpc) is 3.36. The highest BCUT2D eigenvalue weighted by atomic mass is 79.9. The molecule has 4 rings (SSSR count). The molecule has 1 amide bonds. The predicted octanol–water partition coefficient (Wildman–Crippen LogP) is 3.49. The van der Waals surface area contributed by atoms with E-state index >= 15 is 0 Å². The van der Waals surface area contributed by atoms with Gasteiger partial charge in [0.1, 0.15) is 11.6 Å². The number of halogens is 1. The minimum Gasteiger partial charge on any atom is -0.497 e. The van der Waals surface area contributed by atoms with Crippen LogP contribution in [0, 0.1) is 0 Å². The van der Waals surface area contributed by atoms with E-state index in [1.807, 2.05) is 21.6 Å². The number of ether oxygens (including phenoxy) is 1. The summed E-state index contributed by atoms with van der Waals surface area (Å²) in [6.45, 7) is 1.31. The number of aromatic nitrogens is 3. The van der Waals surface area contributed by atoms with Crippen molar-refractivity contribution in [2.24, 2.45) is 7.05 Å². The van der Waals surface area contributed by atoms with Crippen molar-refractivity contribution in [1.82, 2.24) is 19.2 Å². The second-order valence-electron chi connectivity index (χ2n) is 7.98. The quantitative estimate of drug-likeness (QED) is 0.696. The lowest BCUT2D eigenvalue weighted by molar-refractivity contribution is 0.0708. The number of nitrogens with zero attached hydrogens (tertiary/aromatic N) is 4. The Bertz CT molecular complexity index is 953. The number of hydrogen-bond donors (Lipinski definition) is 0. The normalized spacial score (nSPS) is 18.4. The van der Waals surface area contributed by atoms with Crippen molar-refractivity contribution in [2.45, 2.75) is 50.5 Å². The molecule has 2 fully saturated rings. The van der Waals surface area contributed by atoms with Gasteiger partial charge < -0.3 is 9.64 Å². The van der Waals surface area contributed by atoms with Gasteiger partial charge in [-0.15, -0.1) is 0 Å². The maximum Gasteiger partial charge on any atom is 0.345 e. The molecule has 0 N–H and O–H groups in total. The number of hydrogen-bond acceptors (Lipinski definition) is 4. The highest BCUT2D eigenvalue weighted by Gasteiger charge is 2.32. The van der Waals surface area contributed by atoms with Crippen molar-refractivity contribution in [1.29, 1.82) is 0 Å². The molecule has 2 aliphatic rings. The summed E-state index contributed by atoms with van der Waals surface area (Å²) in [4.78, 5) is 27.6. The SMILES string of the molecule is COc1ccc(Br)c(C(=O)N2CCC(c3nn(C)c(=O)n3C3CCCC3)CC2)c1. The van der Waals surface area contributed by atoms with Crippen molar-refractivity contribution in [2.75, 3.05) is 20.2 Å². The number of amides is 1. The zero-order chi connectivity index (χ0) is 20.5. The van der Waals surface area contributed by atoms with Crippen LogP contribution < -0.4 is 10.4 Å². The minimum absolute atomic E-state index is 0.00318. The van der Waals surface area contributed by atoms with Gasteiger partial charge in [-0.3, -0.25) is 9.36 Å². The molecule has 2 heterocycles. The molecular weight excluding hydrogens is 436 g/mol. The molecule has 156 valence electrons. The summed E-state index contributed by atoms with van der Waals surface area (Å²) in [6.07, 6.45) is 6.09. The first kappa shape index (κ1) is 20.2. The van der Waals surface area contributed by atoms with Crippen LogP contribution in [0.25, 0.3) is 0 Å². The highest BCUT2D eigenvalue weighted by Crippen LogP contribution is 2.34. The van der Waals surface area contributed by atoms with Crippen LogP contribution in [0.1, 0.15) is 66.7 Å². The fraction of sp³-hybridized carbons (Fsp3) is 0.571. The first-order valence-corrected chi connectivity index (χ1v) is 11.1. The molecule has 8 heteroatoms. The van der Waals surface area contributed by atoms with Crippen LogP contribution in [0.4, 0.5) is 0 Å². The van der Waals surface area contributed by atoms with E-state index in [-0.39, 0.29) is 23.6 Å². The summed E-state index contributed by atoms with van der Waals surface area (Å²) < 4.78 is 9.44. The zero-order valence-electron chi connectivity index (χ0n) is 16.9. The summed E-state index contributed by atoms with van der Waals surface area (Å²) in [5.74, 6) is 1.78. The van der Waals surface area contributed by atoms with Gasteiger partial charge in [-0.05, 0) is 59.8 Å². The largest absolute Gasteiger partial charge is 0.497 e. The Balaban J connectivity index is 1.50. The average molecular weight is 463 g/mol. The van der Waals surface area contributed by atoms with E-state index < -0.39 is 0 Å². The number of likely N-dealkylation sites (tertiary alicyclic amines) is 1. The summed E-state index contributed by atoms with van der Waals surface area (Å²) >= 11 is 3.48. The number of methoxy groups -OCH3 is 1. The smallest absolute Gasteiger partial charge is 0.345 e.